The van der Waals surface area contributed by atoms with Gasteiger partial charge in [-0.25, -0.2) is 0 Å². The van der Waals surface area contributed by atoms with Gasteiger partial charge in [-0.3, -0.25) is 4.90 Å². The Hall–Kier alpha value is -0.330. The number of alkyl halides is 3. The molecule has 15 heavy (non-hydrogen) atoms. The van der Waals surface area contributed by atoms with E-state index in [4.69, 9.17) is 0 Å². The minimum Gasteiger partial charge on any atom is -0.392 e. The van der Waals surface area contributed by atoms with Gasteiger partial charge in [0.15, 0.2) is 0 Å². The van der Waals surface area contributed by atoms with Crippen LogP contribution >= 0.6 is 0 Å². The van der Waals surface area contributed by atoms with Gasteiger partial charge in [-0.1, -0.05) is 0 Å². The fraction of sp³-hybridized carbons (Fsp3) is 1.00. The second-order valence-electron chi connectivity index (χ2n) is 3.76. The molecule has 1 heterocycles. The fourth-order valence-corrected chi connectivity index (χ4v) is 1.62. The molecule has 1 aliphatic heterocycles. The van der Waals surface area contributed by atoms with Gasteiger partial charge in [-0.2, -0.15) is 13.2 Å². The van der Waals surface area contributed by atoms with E-state index < -0.39 is 12.8 Å². The molecule has 1 rings (SSSR count). The molecule has 1 unspecified atom stereocenters. The largest absolute Gasteiger partial charge is 0.411 e. The summed E-state index contributed by atoms with van der Waals surface area (Å²) in [6, 6.07) is 0. The zero-order valence-corrected chi connectivity index (χ0v) is 8.46. The number of aliphatic hydroxyl groups is 1. The number of likely N-dealkylation sites (tertiary alicyclic amines) is 1. The number of hydrogen-bond donors (Lipinski definition) is 1. The number of piperidine rings is 1. The van der Waals surface area contributed by atoms with Crippen molar-refractivity contribution in [3.63, 3.8) is 0 Å². The molecule has 0 aromatic heterocycles. The Labute approximate surface area is 86.8 Å². The molecule has 6 heteroatoms. The van der Waals surface area contributed by atoms with Crippen LogP contribution < -0.4 is 0 Å². The van der Waals surface area contributed by atoms with E-state index in [9.17, 15) is 18.3 Å². The number of halogens is 3. The van der Waals surface area contributed by atoms with Crippen LogP contribution in [0.25, 0.3) is 0 Å². The zero-order chi connectivity index (χ0) is 11.3. The summed E-state index contributed by atoms with van der Waals surface area (Å²) in [5.74, 6) is 0. The highest BCUT2D eigenvalue weighted by Crippen LogP contribution is 2.14. The molecule has 3 nitrogen and oxygen atoms in total. The molecule has 0 amide bonds. The van der Waals surface area contributed by atoms with Crippen molar-refractivity contribution in [2.45, 2.75) is 25.1 Å². The number of nitrogens with zero attached hydrogens (tertiary/aromatic N) is 1. The molecule has 1 N–H and O–H groups in total. The lowest BCUT2D eigenvalue weighted by molar-refractivity contribution is -0.174. The first-order valence-electron chi connectivity index (χ1n) is 5.02. The van der Waals surface area contributed by atoms with E-state index in [1.165, 1.54) is 0 Å². The monoisotopic (exact) mass is 227 g/mol. The van der Waals surface area contributed by atoms with Crippen LogP contribution in [0.2, 0.25) is 0 Å². The van der Waals surface area contributed by atoms with Gasteiger partial charge in [0.2, 0.25) is 0 Å². The third-order valence-corrected chi connectivity index (χ3v) is 2.30. The Kier molecular flexibility index (Phi) is 4.82. The van der Waals surface area contributed by atoms with Crippen LogP contribution in [0.4, 0.5) is 13.2 Å². The lowest BCUT2D eigenvalue weighted by Gasteiger charge is -2.29. The Morgan fingerprint density at radius 2 is 2.13 bits per heavy atom. The maximum Gasteiger partial charge on any atom is 0.411 e. The highest BCUT2D eigenvalue weighted by atomic mass is 19.4. The van der Waals surface area contributed by atoms with Crippen molar-refractivity contribution in [2.75, 3.05) is 32.8 Å². The maximum absolute atomic E-state index is 11.7. The Morgan fingerprint density at radius 3 is 2.73 bits per heavy atom. The van der Waals surface area contributed by atoms with Crippen LogP contribution in [0.5, 0.6) is 0 Å². The Bertz CT molecular complexity index is 187. The highest BCUT2D eigenvalue weighted by Gasteiger charge is 2.27. The van der Waals surface area contributed by atoms with E-state index in [0.717, 1.165) is 19.4 Å². The molecule has 0 radical (unpaired) electrons. The first-order chi connectivity index (χ1) is 6.97. The minimum absolute atomic E-state index is 0.0617. The highest BCUT2D eigenvalue weighted by molar-refractivity contribution is 4.71. The van der Waals surface area contributed by atoms with E-state index in [-0.39, 0.29) is 12.7 Å². The van der Waals surface area contributed by atoms with Crippen LogP contribution in [0, 0.1) is 0 Å². The molecule has 0 aromatic rings. The van der Waals surface area contributed by atoms with Crippen molar-refractivity contribution in [3.05, 3.63) is 0 Å². The van der Waals surface area contributed by atoms with Crippen LogP contribution in [-0.2, 0) is 4.74 Å². The summed E-state index contributed by atoms with van der Waals surface area (Å²) >= 11 is 0. The predicted molar refractivity (Wildman–Crippen MR) is 48.6 cm³/mol. The van der Waals surface area contributed by atoms with E-state index >= 15 is 0 Å². The zero-order valence-electron chi connectivity index (χ0n) is 8.46. The normalized spacial score (nSPS) is 24.4. The second kappa shape index (κ2) is 5.67. The molecular weight excluding hydrogens is 211 g/mol. The van der Waals surface area contributed by atoms with Crippen LogP contribution in [0.3, 0.4) is 0 Å². The second-order valence-corrected chi connectivity index (χ2v) is 3.76. The summed E-state index contributed by atoms with van der Waals surface area (Å²) < 4.78 is 39.6. The van der Waals surface area contributed by atoms with Crippen LogP contribution in [0.1, 0.15) is 12.8 Å². The average Bonchev–Trinajstić information content (AvgIpc) is 2.11. The summed E-state index contributed by atoms with van der Waals surface area (Å²) in [6.07, 6.45) is -2.93. The number of β-amino-alcohol motifs (C(OH)–C–C–N with tert-alkyl or cyclic N) is 1. The van der Waals surface area contributed by atoms with Gasteiger partial charge in [0.1, 0.15) is 6.61 Å². The van der Waals surface area contributed by atoms with Crippen molar-refractivity contribution in [3.8, 4) is 0 Å². The van der Waals surface area contributed by atoms with Crippen LogP contribution in [0.15, 0.2) is 0 Å². The van der Waals surface area contributed by atoms with Crippen molar-refractivity contribution >= 4 is 0 Å². The van der Waals surface area contributed by atoms with Gasteiger partial charge in [0, 0.05) is 13.1 Å². The quantitative estimate of drug-likeness (QED) is 0.728. The van der Waals surface area contributed by atoms with Gasteiger partial charge in [0.25, 0.3) is 0 Å². The predicted octanol–water partition coefficient (Wildman–Crippen LogP) is 1.02. The minimum atomic E-state index is -4.25. The van der Waals surface area contributed by atoms with Crippen molar-refractivity contribution in [2.24, 2.45) is 0 Å². The van der Waals surface area contributed by atoms with Crippen molar-refractivity contribution < 1.29 is 23.0 Å². The van der Waals surface area contributed by atoms with Crippen LogP contribution in [-0.4, -0.2) is 55.1 Å². The topological polar surface area (TPSA) is 32.7 Å². The van der Waals surface area contributed by atoms with Gasteiger partial charge < -0.3 is 9.84 Å². The third kappa shape index (κ3) is 5.96. The summed E-state index contributed by atoms with van der Waals surface area (Å²) in [5.41, 5.74) is 0. The van der Waals surface area contributed by atoms with E-state index in [1.807, 2.05) is 4.90 Å². The summed E-state index contributed by atoms with van der Waals surface area (Å²) in [7, 11) is 0. The smallest absolute Gasteiger partial charge is 0.392 e. The number of rotatable bonds is 4. The van der Waals surface area contributed by atoms with Gasteiger partial charge in [-0.15, -0.1) is 0 Å². The Balaban J connectivity index is 2.04. The molecule has 0 bridgehead atoms. The first kappa shape index (κ1) is 12.7. The van der Waals surface area contributed by atoms with Gasteiger partial charge in [0.05, 0.1) is 12.7 Å². The summed E-state index contributed by atoms with van der Waals surface area (Å²) in [6.45, 7) is 0.685. The average molecular weight is 227 g/mol. The molecule has 90 valence electrons. The molecule has 1 fully saturated rings. The third-order valence-electron chi connectivity index (χ3n) is 2.30. The molecular formula is C9H16F3NO2. The maximum atomic E-state index is 11.7. The fourth-order valence-electron chi connectivity index (χ4n) is 1.62. The van der Waals surface area contributed by atoms with E-state index in [2.05, 4.69) is 4.74 Å². The SMILES string of the molecule is OC1CCCN(CCOCC(F)(F)F)C1. The molecule has 1 aliphatic rings. The molecule has 0 spiro atoms. The van der Waals surface area contributed by atoms with Crippen molar-refractivity contribution in [1.82, 2.24) is 4.90 Å². The molecule has 0 aromatic carbocycles. The summed E-state index contributed by atoms with van der Waals surface area (Å²) in [4.78, 5) is 1.92. The summed E-state index contributed by atoms with van der Waals surface area (Å²) in [5, 5.41) is 9.30. The number of aliphatic hydroxyl groups excluding tert-OH is 1. The number of hydrogen-bond acceptors (Lipinski definition) is 3. The van der Waals surface area contributed by atoms with Gasteiger partial charge in [-0.05, 0) is 19.4 Å². The van der Waals surface area contributed by atoms with E-state index in [1.54, 1.807) is 0 Å². The lowest BCUT2D eigenvalue weighted by atomic mass is 10.1. The molecule has 1 atom stereocenters. The van der Waals surface area contributed by atoms with Crippen molar-refractivity contribution in [1.29, 1.82) is 0 Å². The van der Waals surface area contributed by atoms with Gasteiger partial charge >= 0.3 is 6.18 Å². The lowest BCUT2D eigenvalue weighted by Crippen LogP contribution is -2.40. The Morgan fingerprint density at radius 1 is 1.40 bits per heavy atom. The number of ether oxygens (including phenoxy) is 1. The van der Waals surface area contributed by atoms with E-state index in [0.29, 0.717) is 13.1 Å². The first-order valence-corrected chi connectivity index (χ1v) is 5.02. The standard InChI is InChI=1S/C9H16F3NO2/c10-9(11,12)7-15-5-4-13-3-1-2-8(14)6-13/h8,14H,1-7H2. The molecule has 0 saturated carbocycles. The molecule has 0 aliphatic carbocycles. The molecule has 1 saturated heterocycles.